The molecule has 0 bridgehead atoms. The van der Waals surface area contributed by atoms with Gasteiger partial charge in [-0.3, -0.25) is 0 Å². The van der Waals surface area contributed by atoms with Gasteiger partial charge in [0.1, 0.15) is 11.5 Å². The maximum atomic E-state index is 6.09. The van der Waals surface area contributed by atoms with Crippen LogP contribution in [0.25, 0.3) is 0 Å². The van der Waals surface area contributed by atoms with Gasteiger partial charge in [0.25, 0.3) is 0 Å². The van der Waals surface area contributed by atoms with Crippen LogP contribution < -0.4 is 4.74 Å². The first kappa shape index (κ1) is 11.8. The van der Waals surface area contributed by atoms with Gasteiger partial charge in [-0.15, -0.1) is 0 Å². The quantitative estimate of drug-likeness (QED) is 0.660. The molecule has 0 saturated carbocycles. The molecule has 0 heterocycles. The predicted octanol–water partition coefficient (Wildman–Crippen LogP) is 5.55. The summed E-state index contributed by atoms with van der Waals surface area (Å²) in [5.74, 6) is 1.31. The third-order valence-electron chi connectivity index (χ3n) is 1.97. The maximum absolute atomic E-state index is 6.09. The van der Waals surface area contributed by atoms with E-state index < -0.39 is 0 Å². The molecule has 0 N–H and O–H groups in total. The summed E-state index contributed by atoms with van der Waals surface area (Å²) in [5.41, 5.74) is 0. The Balaban J connectivity index is 2.33. The number of halogens is 3. The molecule has 2 rings (SSSR count). The highest BCUT2D eigenvalue weighted by molar-refractivity contribution is 9.10. The van der Waals surface area contributed by atoms with Crippen LogP contribution in [-0.2, 0) is 0 Å². The van der Waals surface area contributed by atoms with Crippen molar-refractivity contribution in [2.45, 2.75) is 0 Å². The summed E-state index contributed by atoms with van der Waals surface area (Å²) in [5, 5.41) is 1.03. The molecule has 0 aromatic heterocycles. The highest BCUT2D eigenvalue weighted by Crippen LogP contribution is 2.39. The number of para-hydroxylation sites is 1. The van der Waals surface area contributed by atoms with Crippen LogP contribution in [0.2, 0.25) is 10.0 Å². The number of hydrogen-bond donors (Lipinski definition) is 0. The minimum absolute atomic E-state index is 0.469. The average Bonchev–Trinajstić information content (AvgIpc) is 2.31. The SMILES string of the molecule is Clc1ccc(Oc2ccccc2)c(Cl)c1Br. The summed E-state index contributed by atoms with van der Waals surface area (Å²) in [7, 11) is 0. The molecule has 4 heteroatoms. The van der Waals surface area contributed by atoms with Crippen molar-refractivity contribution in [2.75, 3.05) is 0 Å². The Morgan fingerprint density at radius 3 is 2.31 bits per heavy atom. The lowest BCUT2D eigenvalue weighted by Gasteiger charge is -2.09. The molecule has 1 nitrogen and oxygen atoms in total. The lowest BCUT2D eigenvalue weighted by molar-refractivity contribution is 0.482. The second-order valence-corrected chi connectivity index (χ2v) is 4.67. The number of benzene rings is 2. The maximum Gasteiger partial charge on any atom is 0.147 e. The van der Waals surface area contributed by atoms with Gasteiger partial charge in [0, 0.05) is 0 Å². The van der Waals surface area contributed by atoms with Crippen molar-refractivity contribution in [1.29, 1.82) is 0 Å². The van der Waals surface area contributed by atoms with Crippen molar-refractivity contribution in [3.63, 3.8) is 0 Å². The Morgan fingerprint density at radius 2 is 1.62 bits per heavy atom. The standard InChI is InChI=1S/C12H7BrCl2O/c13-11-9(14)6-7-10(12(11)15)16-8-4-2-1-3-5-8/h1-7H. The van der Waals surface area contributed by atoms with Crippen LogP contribution in [0, 0.1) is 0 Å². The minimum atomic E-state index is 0.469. The molecular formula is C12H7BrCl2O. The zero-order valence-corrected chi connectivity index (χ0v) is 11.2. The van der Waals surface area contributed by atoms with Crippen LogP contribution in [0.15, 0.2) is 46.9 Å². The van der Waals surface area contributed by atoms with Gasteiger partial charge in [-0.2, -0.15) is 0 Å². The smallest absolute Gasteiger partial charge is 0.147 e. The van der Waals surface area contributed by atoms with Crippen LogP contribution >= 0.6 is 39.1 Å². The first-order valence-electron chi connectivity index (χ1n) is 4.55. The summed E-state index contributed by atoms with van der Waals surface area (Å²) < 4.78 is 6.27. The molecule has 0 aliphatic rings. The van der Waals surface area contributed by atoms with Crippen molar-refractivity contribution < 1.29 is 4.74 Å². The summed E-state index contributed by atoms with van der Waals surface area (Å²) >= 11 is 15.3. The Kier molecular flexibility index (Phi) is 3.74. The number of rotatable bonds is 2. The molecule has 2 aromatic rings. The van der Waals surface area contributed by atoms with Crippen LogP contribution in [0.4, 0.5) is 0 Å². The second-order valence-electron chi connectivity index (χ2n) is 3.09. The zero-order chi connectivity index (χ0) is 11.5. The van der Waals surface area contributed by atoms with E-state index in [1.807, 2.05) is 30.3 Å². The van der Waals surface area contributed by atoms with Crippen molar-refractivity contribution in [3.8, 4) is 11.5 Å². The lowest BCUT2D eigenvalue weighted by Crippen LogP contribution is -1.85. The fourth-order valence-electron chi connectivity index (χ4n) is 1.20. The number of ether oxygens (including phenoxy) is 1. The fourth-order valence-corrected chi connectivity index (χ4v) is 1.94. The molecule has 0 unspecified atom stereocenters. The van der Waals surface area contributed by atoms with Crippen molar-refractivity contribution in [2.24, 2.45) is 0 Å². The molecule has 2 aromatic carbocycles. The highest BCUT2D eigenvalue weighted by Gasteiger charge is 2.09. The molecule has 0 amide bonds. The van der Waals surface area contributed by atoms with E-state index in [9.17, 15) is 0 Å². The molecule has 16 heavy (non-hydrogen) atoms. The Labute approximate surface area is 112 Å². The Bertz CT molecular complexity index is 500. The van der Waals surface area contributed by atoms with Gasteiger partial charge in [-0.25, -0.2) is 0 Å². The van der Waals surface area contributed by atoms with Crippen molar-refractivity contribution in [3.05, 3.63) is 57.0 Å². The van der Waals surface area contributed by atoms with E-state index >= 15 is 0 Å². The molecule has 0 radical (unpaired) electrons. The van der Waals surface area contributed by atoms with E-state index in [0.29, 0.717) is 20.3 Å². The van der Waals surface area contributed by atoms with Gasteiger partial charge in [-0.1, -0.05) is 41.4 Å². The zero-order valence-electron chi connectivity index (χ0n) is 8.08. The summed E-state index contributed by atoms with van der Waals surface area (Å²) in [6.45, 7) is 0. The van der Waals surface area contributed by atoms with E-state index in [1.54, 1.807) is 12.1 Å². The molecule has 0 fully saturated rings. The first-order chi connectivity index (χ1) is 7.68. The number of hydrogen-bond acceptors (Lipinski definition) is 1. The summed E-state index contributed by atoms with van der Waals surface area (Å²) in [6.07, 6.45) is 0. The van der Waals surface area contributed by atoms with E-state index in [4.69, 9.17) is 27.9 Å². The predicted molar refractivity (Wildman–Crippen MR) is 70.7 cm³/mol. The van der Waals surface area contributed by atoms with Crippen LogP contribution in [0.3, 0.4) is 0 Å². The van der Waals surface area contributed by atoms with Gasteiger partial charge >= 0.3 is 0 Å². The third-order valence-corrected chi connectivity index (χ3v) is 3.94. The Hall–Kier alpha value is -0.700. The molecule has 0 atom stereocenters. The molecule has 0 aliphatic heterocycles. The van der Waals surface area contributed by atoms with Gasteiger partial charge in [0.2, 0.25) is 0 Å². The van der Waals surface area contributed by atoms with E-state index in [-0.39, 0.29) is 0 Å². The molecule has 82 valence electrons. The lowest BCUT2D eigenvalue weighted by atomic mass is 10.3. The van der Waals surface area contributed by atoms with E-state index in [1.165, 1.54) is 0 Å². The van der Waals surface area contributed by atoms with Gasteiger partial charge in [0.15, 0.2) is 0 Å². The van der Waals surface area contributed by atoms with Gasteiger partial charge < -0.3 is 4.74 Å². The largest absolute Gasteiger partial charge is 0.456 e. The van der Waals surface area contributed by atoms with E-state index in [2.05, 4.69) is 15.9 Å². The van der Waals surface area contributed by atoms with Crippen molar-refractivity contribution in [1.82, 2.24) is 0 Å². The normalized spacial score (nSPS) is 10.2. The highest BCUT2D eigenvalue weighted by atomic mass is 79.9. The second kappa shape index (κ2) is 5.09. The topological polar surface area (TPSA) is 9.23 Å². The van der Waals surface area contributed by atoms with Crippen LogP contribution in [0.5, 0.6) is 11.5 Å². The average molecular weight is 318 g/mol. The van der Waals surface area contributed by atoms with Crippen molar-refractivity contribution >= 4 is 39.1 Å². The molecular weight excluding hydrogens is 311 g/mol. The van der Waals surface area contributed by atoms with E-state index in [0.717, 1.165) is 5.75 Å². The minimum Gasteiger partial charge on any atom is -0.456 e. The Morgan fingerprint density at radius 1 is 0.938 bits per heavy atom. The van der Waals surface area contributed by atoms with Gasteiger partial charge in [-0.05, 0) is 40.2 Å². The molecule has 0 aliphatic carbocycles. The molecule has 0 saturated heterocycles. The third kappa shape index (κ3) is 2.51. The first-order valence-corrected chi connectivity index (χ1v) is 6.10. The monoisotopic (exact) mass is 316 g/mol. The summed E-state index contributed by atoms with van der Waals surface area (Å²) in [6, 6.07) is 12.9. The summed E-state index contributed by atoms with van der Waals surface area (Å²) in [4.78, 5) is 0. The fraction of sp³-hybridized carbons (Fsp3) is 0. The van der Waals surface area contributed by atoms with Gasteiger partial charge in [0.05, 0.1) is 14.5 Å². The molecule has 0 spiro atoms. The van der Waals surface area contributed by atoms with Crippen LogP contribution in [-0.4, -0.2) is 0 Å². The van der Waals surface area contributed by atoms with Crippen LogP contribution in [0.1, 0.15) is 0 Å².